The monoisotopic (exact) mass is 312 g/mol. The maximum atomic E-state index is 3.82. The number of benzene rings is 1. The molecule has 0 nitrogen and oxygen atoms in total. The van der Waals surface area contributed by atoms with Gasteiger partial charge in [0, 0.05) is 3.58 Å². The fourth-order valence-electron chi connectivity index (χ4n) is 1.45. The predicted octanol–water partition coefficient (Wildman–Crippen LogP) is 4.90. The quantitative estimate of drug-likeness (QED) is 0.398. The number of allylic oxidation sites excluding steroid dienone is 3. The first-order chi connectivity index (χ1) is 7.29. The fraction of sp³-hybridized carbons (Fsp3) is 0.286. The first kappa shape index (κ1) is 12.5. The highest BCUT2D eigenvalue weighted by Gasteiger charge is 1.90. The molecule has 0 unspecified atom stereocenters. The number of unbranched alkanes of at least 4 members (excludes halogenated alkanes) is 2. The summed E-state index contributed by atoms with van der Waals surface area (Å²) in [6.07, 6.45) is 9.18. The lowest BCUT2D eigenvalue weighted by Gasteiger charge is -1.99. The Balaban J connectivity index is 2.10. The van der Waals surface area contributed by atoms with Crippen molar-refractivity contribution in [3.05, 3.63) is 58.2 Å². The van der Waals surface area contributed by atoms with Crippen LogP contribution in [0.15, 0.2) is 52.6 Å². The molecular formula is C14H17I. The van der Waals surface area contributed by atoms with Crippen molar-refractivity contribution in [2.24, 2.45) is 0 Å². The molecule has 0 bridgehead atoms. The van der Waals surface area contributed by atoms with Gasteiger partial charge < -0.3 is 0 Å². The van der Waals surface area contributed by atoms with Crippen molar-refractivity contribution in [2.45, 2.75) is 25.7 Å². The first-order valence-electron chi connectivity index (χ1n) is 5.34. The van der Waals surface area contributed by atoms with E-state index in [9.17, 15) is 0 Å². The summed E-state index contributed by atoms with van der Waals surface area (Å²) in [5.41, 5.74) is 1.44. The van der Waals surface area contributed by atoms with Crippen LogP contribution in [-0.2, 0) is 6.42 Å². The van der Waals surface area contributed by atoms with Crippen molar-refractivity contribution in [1.82, 2.24) is 0 Å². The predicted molar refractivity (Wildman–Crippen MR) is 76.3 cm³/mol. The van der Waals surface area contributed by atoms with E-state index in [4.69, 9.17) is 0 Å². The van der Waals surface area contributed by atoms with Crippen LogP contribution in [0.1, 0.15) is 24.8 Å². The number of hydrogen-bond donors (Lipinski definition) is 0. The van der Waals surface area contributed by atoms with E-state index in [1.165, 1.54) is 24.8 Å². The molecule has 0 saturated carbocycles. The van der Waals surface area contributed by atoms with Crippen LogP contribution in [0.2, 0.25) is 0 Å². The molecule has 0 saturated heterocycles. The van der Waals surface area contributed by atoms with Gasteiger partial charge in [0.1, 0.15) is 0 Å². The smallest absolute Gasteiger partial charge is 0.00548 e. The lowest BCUT2D eigenvalue weighted by molar-refractivity contribution is 0.747. The Morgan fingerprint density at radius 2 is 1.93 bits per heavy atom. The fourth-order valence-corrected chi connectivity index (χ4v) is 1.70. The molecule has 1 aromatic rings. The normalized spacial score (nSPS) is 10.7. The third-order valence-electron chi connectivity index (χ3n) is 2.23. The maximum absolute atomic E-state index is 3.82. The van der Waals surface area contributed by atoms with Crippen molar-refractivity contribution >= 4 is 22.6 Å². The molecule has 80 valence electrons. The van der Waals surface area contributed by atoms with Crippen molar-refractivity contribution in [3.63, 3.8) is 0 Å². The minimum Gasteiger partial charge on any atom is -0.0856 e. The average molecular weight is 312 g/mol. The Bertz CT molecular complexity index is 311. The highest BCUT2D eigenvalue weighted by Crippen LogP contribution is 2.08. The van der Waals surface area contributed by atoms with Gasteiger partial charge in [0.05, 0.1) is 0 Å². The Kier molecular flexibility index (Phi) is 6.41. The standard InChI is InChI=1S/C14H17I/c1-13(15)9-5-2-3-6-10-14-11-7-4-8-12-14/h4-5,7-9,11-12H,1-3,6,10H2/b9-5+. The van der Waals surface area contributed by atoms with E-state index in [1.54, 1.807) is 0 Å². The third kappa shape index (κ3) is 6.50. The Morgan fingerprint density at radius 1 is 1.20 bits per heavy atom. The molecule has 0 aliphatic rings. The lowest BCUT2D eigenvalue weighted by Crippen LogP contribution is -1.83. The molecule has 0 fully saturated rings. The summed E-state index contributed by atoms with van der Waals surface area (Å²) >= 11 is 2.23. The Morgan fingerprint density at radius 3 is 2.60 bits per heavy atom. The number of rotatable bonds is 6. The zero-order chi connectivity index (χ0) is 10.9. The number of hydrogen-bond acceptors (Lipinski definition) is 0. The van der Waals surface area contributed by atoms with E-state index in [0.717, 1.165) is 10.0 Å². The molecule has 1 aromatic carbocycles. The molecule has 0 radical (unpaired) electrons. The molecule has 0 atom stereocenters. The van der Waals surface area contributed by atoms with Gasteiger partial charge in [-0.15, -0.1) is 0 Å². The van der Waals surface area contributed by atoms with E-state index in [1.807, 2.05) is 0 Å². The van der Waals surface area contributed by atoms with Gasteiger partial charge in [-0.1, -0.05) is 49.1 Å². The SMILES string of the molecule is C=C(I)/C=C/CCCCc1ccccc1. The zero-order valence-corrected chi connectivity index (χ0v) is 11.1. The molecule has 1 heteroatoms. The minimum atomic E-state index is 1.11. The first-order valence-corrected chi connectivity index (χ1v) is 6.42. The largest absolute Gasteiger partial charge is 0.0856 e. The molecule has 0 aliphatic heterocycles. The third-order valence-corrected chi connectivity index (χ3v) is 2.59. The van der Waals surface area contributed by atoms with E-state index in [2.05, 4.69) is 71.7 Å². The highest BCUT2D eigenvalue weighted by molar-refractivity contribution is 14.1. The van der Waals surface area contributed by atoms with Crippen LogP contribution in [0, 0.1) is 0 Å². The summed E-state index contributed by atoms with van der Waals surface area (Å²) < 4.78 is 1.11. The molecule has 0 aliphatic carbocycles. The van der Waals surface area contributed by atoms with Crippen molar-refractivity contribution in [2.75, 3.05) is 0 Å². The van der Waals surface area contributed by atoms with Crippen LogP contribution in [0.25, 0.3) is 0 Å². The second-order valence-corrected chi connectivity index (χ2v) is 4.97. The molecule has 1 rings (SSSR count). The van der Waals surface area contributed by atoms with Gasteiger partial charge in [-0.2, -0.15) is 0 Å². The topological polar surface area (TPSA) is 0 Å². The van der Waals surface area contributed by atoms with Gasteiger partial charge in [-0.3, -0.25) is 0 Å². The molecule has 0 spiro atoms. The van der Waals surface area contributed by atoms with Crippen LogP contribution < -0.4 is 0 Å². The van der Waals surface area contributed by atoms with Crippen LogP contribution in [-0.4, -0.2) is 0 Å². The van der Waals surface area contributed by atoms with Crippen molar-refractivity contribution < 1.29 is 0 Å². The minimum absolute atomic E-state index is 1.11. The molecule has 15 heavy (non-hydrogen) atoms. The molecular weight excluding hydrogens is 295 g/mol. The summed E-state index contributed by atoms with van der Waals surface area (Å²) in [7, 11) is 0. The summed E-state index contributed by atoms with van der Waals surface area (Å²) in [6, 6.07) is 10.7. The Labute approximate surface area is 106 Å². The zero-order valence-electron chi connectivity index (χ0n) is 8.95. The summed E-state index contributed by atoms with van der Waals surface area (Å²) in [6.45, 7) is 3.82. The number of halogens is 1. The van der Waals surface area contributed by atoms with Crippen LogP contribution in [0.3, 0.4) is 0 Å². The summed E-state index contributed by atoms with van der Waals surface area (Å²) in [5.74, 6) is 0. The van der Waals surface area contributed by atoms with E-state index < -0.39 is 0 Å². The second kappa shape index (κ2) is 7.69. The second-order valence-electron chi connectivity index (χ2n) is 3.58. The molecule has 0 aromatic heterocycles. The maximum Gasteiger partial charge on any atom is 0.00548 e. The van der Waals surface area contributed by atoms with Gasteiger partial charge in [-0.25, -0.2) is 0 Å². The van der Waals surface area contributed by atoms with Crippen LogP contribution in [0.5, 0.6) is 0 Å². The van der Waals surface area contributed by atoms with Crippen LogP contribution >= 0.6 is 22.6 Å². The van der Waals surface area contributed by atoms with Gasteiger partial charge in [-0.05, 0) is 53.8 Å². The van der Waals surface area contributed by atoms with Gasteiger partial charge in [0.2, 0.25) is 0 Å². The lowest BCUT2D eigenvalue weighted by atomic mass is 10.1. The van der Waals surface area contributed by atoms with Gasteiger partial charge in [0.25, 0.3) is 0 Å². The van der Waals surface area contributed by atoms with Crippen LogP contribution in [0.4, 0.5) is 0 Å². The van der Waals surface area contributed by atoms with E-state index >= 15 is 0 Å². The van der Waals surface area contributed by atoms with Gasteiger partial charge in [0.15, 0.2) is 0 Å². The van der Waals surface area contributed by atoms with E-state index in [-0.39, 0.29) is 0 Å². The van der Waals surface area contributed by atoms with E-state index in [0.29, 0.717) is 0 Å². The molecule has 0 N–H and O–H groups in total. The van der Waals surface area contributed by atoms with Crippen molar-refractivity contribution in [1.29, 1.82) is 0 Å². The average Bonchev–Trinajstić information content (AvgIpc) is 2.24. The molecule has 0 amide bonds. The van der Waals surface area contributed by atoms with Gasteiger partial charge >= 0.3 is 0 Å². The number of aryl methyl sites for hydroxylation is 1. The highest BCUT2D eigenvalue weighted by atomic mass is 127. The summed E-state index contributed by atoms with van der Waals surface area (Å²) in [5, 5.41) is 0. The molecule has 0 heterocycles. The summed E-state index contributed by atoms with van der Waals surface area (Å²) in [4.78, 5) is 0. The Hall–Kier alpha value is -0.570. The van der Waals surface area contributed by atoms with Crippen molar-refractivity contribution in [3.8, 4) is 0 Å².